The highest BCUT2D eigenvalue weighted by Crippen LogP contribution is 2.22. The Kier molecular flexibility index (Phi) is 4.89. The number of amidine groups is 1. The molecule has 2 aromatic carbocycles. The van der Waals surface area contributed by atoms with Gasteiger partial charge in [-0.3, -0.25) is 0 Å². The van der Waals surface area contributed by atoms with E-state index in [4.69, 9.17) is 16.3 Å². The van der Waals surface area contributed by atoms with Gasteiger partial charge in [0.05, 0.1) is 11.9 Å². The highest BCUT2D eigenvalue weighted by Gasteiger charge is 2.18. The second kappa shape index (κ2) is 7.67. The molecule has 0 saturated carbocycles. The molecule has 0 aliphatic carbocycles. The minimum atomic E-state index is -0.705. The molecule has 8 nitrogen and oxygen atoms in total. The summed E-state index contributed by atoms with van der Waals surface area (Å²) in [4.78, 5) is 21.9. The molecule has 150 valence electrons. The average molecular weight is 400 g/mol. The Hall–Kier alpha value is -4.20. The summed E-state index contributed by atoms with van der Waals surface area (Å²) in [5.41, 5.74) is 17.3. The van der Waals surface area contributed by atoms with E-state index >= 15 is 0 Å². The molecule has 4 rings (SSSR count). The number of oxime groups is 1. The predicted octanol–water partition coefficient (Wildman–Crippen LogP) is 3.07. The number of benzene rings is 2. The van der Waals surface area contributed by atoms with Crippen molar-refractivity contribution in [2.24, 2.45) is 10.9 Å². The molecule has 0 aliphatic rings. The van der Waals surface area contributed by atoms with Crippen LogP contribution in [0.25, 0.3) is 16.9 Å². The van der Waals surface area contributed by atoms with Crippen molar-refractivity contribution >= 4 is 23.1 Å². The van der Waals surface area contributed by atoms with Gasteiger partial charge < -0.3 is 16.3 Å². The van der Waals surface area contributed by atoms with Crippen molar-refractivity contribution < 1.29 is 9.63 Å². The number of fused-ring (bicyclic) bond motifs is 1. The third-order valence-corrected chi connectivity index (χ3v) is 4.85. The zero-order chi connectivity index (χ0) is 21.3. The van der Waals surface area contributed by atoms with Crippen molar-refractivity contribution in [3.8, 4) is 11.3 Å². The fourth-order valence-corrected chi connectivity index (χ4v) is 3.10. The molecular weight excluding hydrogens is 380 g/mol. The van der Waals surface area contributed by atoms with Gasteiger partial charge in [0.15, 0.2) is 11.5 Å². The van der Waals surface area contributed by atoms with Gasteiger partial charge in [-0.05, 0) is 31.5 Å². The summed E-state index contributed by atoms with van der Waals surface area (Å²) in [7, 11) is 0. The monoisotopic (exact) mass is 400 g/mol. The van der Waals surface area contributed by atoms with Crippen molar-refractivity contribution in [3.05, 3.63) is 83.2 Å². The lowest BCUT2D eigenvalue weighted by Crippen LogP contribution is -2.17. The Morgan fingerprint density at radius 2 is 1.83 bits per heavy atom. The summed E-state index contributed by atoms with van der Waals surface area (Å²) in [6.45, 7) is 3.84. The fraction of sp³-hybridized carbons (Fsp3) is 0.0909. The smallest absolute Gasteiger partial charge is 0.371 e. The Bertz CT molecular complexity index is 1270. The minimum Gasteiger partial charge on any atom is -0.398 e. The van der Waals surface area contributed by atoms with Crippen LogP contribution in [0.15, 0.2) is 66.1 Å². The van der Waals surface area contributed by atoms with Crippen molar-refractivity contribution in [1.29, 1.82) is 0 Å². The number of nitrogens with zero attached hydrogens (tertiary/aromatic N) is 4. The SMILES string of the molecule is Cc1ccc(-c2ccnc3c(C(=O)O/N=C(\N)c4cccc(N)c4C)cnn23)cc1. The first-order chi connectivity index (χ1) is 14.5. The van der Waals surface area contributed by atoms with E-state index in [-0.39, 0.29) is 11.4 Å². The van der Waals surface area contributed by atoms with Gasteiger partial charge in [0, 0.05) is 23.0 Å². The molecule has 0 amide bonds. The molecule has 8 heteroatoms. The quantitative estimate of drug-likeness (QED) is 0.179. The molecule has 2 heterocycles. The van der Waals surface area contributed by atoms with Crippen LogP contribution >= 0.6 is 0 Å². The molecular formula is C22H20N6O2. The van der Waals surface area contributed by atoms with Crippen LogP contribution in [-0.2, 0) is 4.84 Å². The Balaban J connectivity index is 1.64. The second-order valence-corrected chi connectivity index (χ2v) is 6.86. The largest absolute Gasteiger partial charge is 0.398 e. The average Bonchev–Trinajstić information content (AvgIpc) is 3.19. The topological polar surface area (TPSA) is 121 Å². The van der Waals surface area contributed by atoms with Gasteiger partial charge in [0.2, 0.25) is 0 Å². The van der Waals surface area contributed by atoms with Gasteiger partial charge in [0.25, 0.3) is 0 Å². The summed E-state index contributed by atoms with van der Waals surface area (Å²) in [6, 6.07) is 15.1. The van der Waals surface area contributed by atoms with Crippen LogP contribution in [0, 0.1) is 13.8 Å². The van der Waals surface area contributed by atoms with Crippen LogP contribution in [0.2, 0.25) is 0 Å². The Morgan fingerprint density at radius 1 is 1.07 bits per heavy atom. The standard InChI is InChI=1S/C22H20N6O2/c1-13-6-8-15(9-7-13)19-10-11-25-21-17(12-26-28(19)21)22(29)30-27-20(24)16-4-3-5-18(23)14(16)2/h3-12H,23H2,1-2H3,(H2,24,27). The number of hydrogen-bond acceptors (Lipinski definition) is 6. The Morgan fingerprint density at radius 3 is 2.60 bits per heavy atom. The van der Waals surface area contributed by atoms with Gasteiger partial charge in [0.1, 0.15) is 5.56 Å². The minimum absolute atomic E-state index is 0.0536. The van der Waals surface area contributed by atoms with E-state index in [1.165, 1.54) is 6.20 Å². The third-order valence-electron chi connectivity index (χ3n) is 4.85. The first kappa shape index (κ1) is 19.1. The molecule has 0 fully saturated rings. The van der Waals surface area contributed by atoms with Crippen molar-refractivity contribution in [2.75, 3.05) is 5.73 Å². The molecule has 0 radical (unpaired) electrons. The maximum Gasteiger partial charge on any atom is 0.371 e. The number of nitrogen functional groups attached to an aromatic ring is 1. The van der Waals surface area contributed by atoms with Crippen LogP contribution in [0.5, 0.6) is 0 Å². The molecule has 30 heavy (non-hydrogen) atoms. The lowest BCUT2D eigenvalue weighted by atomic mass is 10.1. The van der Waals surface area contributed by atoms with Crippen molar-refractivity contribution in [2.45, 2.75) is 13.8 Å². The molecule has 0 spiro atoms. The van der Waals surface area contributed by atoms with E-state index in [1.807, 2.05) is 44.2 Å². The maximum absolute atomic E-state index is 12.6. The zero-order valence-corrected chi connectivity index (χ0v) is 16.5. The second-order valence-electron chi connectivity index (χ2n) is 6.86. The van der Waals surface area contributed by atoms with Crippen LogP contribution in [0.4, 0.5) is 5.69 Å². The zero-order valence-electron chi connectivity index (χ0n) is 16.5. The number of aromatic nitrogens is 3. The van der Waals surface area contributed by atoms with Gasteiger partial charge in [-0.15, -0.1) is 0 Å². The van der Waals surface area contributed by atoms with Crippen molar-refractivity contribution in [3.63, 3.8) is 0 Å². The summed E-state index contributed by atoms with van der Waals surface area (Å²) in [5, 5.41) is 8.08. The molecule has 2 aromatic heterocycles. The number of rotatable bonds is 4. The third kappa shape index (κ3) is 3.46. The van der Waals surface area contributed by atoms with Gasteiger partial charge in [-0.2, -0.15) is 5.10 Å². The summed E-state index contributed by atoms with van der Waals surface area (Å²) >= 11 is 0. The first-order valence-corrected chi connectivity index (χ1v) is 9.26. The van der Waals surface area contributed by atoms with E-state index in [1.54, 1.807) is 28.9 Å². The van der Waals surface area contributed by atoms with Crippen LogP contribution in [0.1, 0.15) is 27.0 Å². The molecule has 0 atom stereocenters. The summed E-state index contributed by atoms with van der Waals surface area (Å²) in [5.74, 6) is -0.652. The first-order valence-electron chi connectivity index (χ1n) is 9.26. The normalized spacial score (nSPS) is 11.6. The van der Waals surface area contributed by atoms with Gasteiger partial charge in [-0.25, -0.2) is 14.3 Å². The molecule has 0 saturated heterocycles. The lowest BCUT2D eigenvalue weighted by molar-refractivity contribution is 0.0518. The van der Waals surface area contributed by atoms with E-state index in [9.17, 15) is 4.79 Å². The van der Waals surface area contributed by atoms with Gasteiger partial charge in [-0.1, -0.05) is 47.1 Å². The van der Waals surface area contributed by atoms with E-state index in [0.717, 1.165) is 22.4 Å². The molecule has 0 unspecified atom stereocenters. The Labute approximate surface area is 172 Å². The van der Waals surface area contributed by atoms with Crippen LogP contribution < -0.4 is 11.5 Å². The number of anilines is 1. The van der Waals surface area contributed by atoms with E-state index in [2.05, 4.69) is 15.2 Å². The van der Waals surface area contributed by atoms with Crippen molar-refractivity contribution in [1.82, 2.24) is 14.6 Å². The van der Waals surface area contributed by atoms with Crippen LogP contribution in [0.3, 0.4) is 0 Å². The summed E-state index contributed by atoms with van der Waals surface area (Å²) < 4.78 is 1.59. The lowest BCUT2D eigenvalue weighted by Gasteiger charge is -2.07. The highest BCUT2D eigenvalue weighted by molar-refractivity contribution is 6.01. The summed E-state index contributed by atoms with van der Waals surface area (Å²) in [6.07, 6.45) is 3.02. The number of carbonyl (C=O) groups excluding carboxylic acids is 1. The molecule has 0 aliphatic heterocycles. The fourth-order valence-electron chi connectivity index (χ4n) is 3.10. The van der Waals surface area contributed by atoms with E-state index in [0.29, 0.717) is 16.9 Å². The molecule has 4 aromatic rings. The maximum atomic E-state index is 12.6. The highest BCUT2D eigenvalue weighted by atomic mass is 16.7. The van der Waals surface area contributed by atoms with E-state index < -0.39 is 5.97 Å². The molecule has 4 N–H and O–H groups in total. The molecule has 0 bridgehead atoms. The number of carbonyl (C=O) groups is 1. The van der Waals surface area contributed by atoms with Gasteiger partial charge >= 0.3 is 5.97 Å². The number of aryl methyl sites for hydroxylation is 1. The number of hydrogen-bond donors (Lipinski definition) is 2. The number of nitrogens with two attached hydrogens (primary N) is 2. The van der Waals surface area contributed by atoms with Crippen LogP contribution in [-0.4, -0.2) is 26.4 Å². The predicted molar refractivity (Wildman–Crippen MR) is 115 cm³/mol.